The van der Waals surface area contributed by atoms with Crippen molar-refractivity contribution in [3.05, 3.63) is 24.3 Å². The summed E-state index contributed by atoms with van der Waals surface area (Å²) < 4.78 is 10.9. The van der Waals surface area contributed by atoms with E-state index in [2.05, 4.69) is 22.3 Å². The zero-order valence-corrected chi connectivity index (χ0v) is 15.4. The van der Waals surface area contributed by atoms with Crippen molar-refractivity contribution >= 4 is 11.7 Å². The number of methoxy groups -OCH3 is 1. The van der Waals surface area contributed by atoms with Crippen molar-refractivity contribution in [3.8, 4) is 5.75 Å². The fourth-order valence-electron chi connectivity index (χ4n) is 3.68. The van der Waals surface area contributed by atoms with E-state index in [1.165, 1.54) is 5.69 Å². The zero-order chi connectivity index (χ0) is 17.8. The lowest BCUT2D eigenvalue weighted by atomic mass is 10.0. The molecule has 2 aliphatic heterocycles. The second-order valence-corrected chi connectivity index (χ2v) is 7.07. The second-order valence-electron chi connectivity index (χ2n) is 7.07. The fraction of sp³-hybridized carbons (Fsp3) is 0.632. The van der Waals surface area contributed by atoms with Gasteiger partial charge in [-0.25, -0.2) is 4.79 Å². The Morgan fingerprint density at radius 2 is 1.72 bits per heavy atom. The first-order chi connectivity index (χ1) is 12.0. The van der Waals surface area contributed by atoms with Crippen LogP contribution in [0.3, 0.4) is 0 Å². The van der Waals surface area contributed by atoms with Gasteiger partial charge < -0.3 is 24.6 Å². The SMILES string of the molecule is COc1ccc(N2CCC(NC(=O)N3C[C@H](C)O[C@@H](C)C3)CC2)cc1. The van der Waals surface area contributed by atoms with Crippen LogP contribution in [0.1, 0.15) is 26.7 Å². The highest BCUT2D eigenvalue weighted by Gasteiger charge is 2.28. The number of carbonyl (C=O) groups is 1. The van der Waals surface area contributed by atoms with Crippen molar-refractivity contribution in [2.24, 2.45) is 0 Å². The lowest BCUT2D eigenvalue weighted by molar-refractivity contribution is -0.0548. The van der Waals surface area contributed by atoms with Crippen molar-refractivity contribution in [1.82, 2.24) is 10.2 Å². The standard InChI is InChI=1S/C19H29N3O3/c1-14-12-22(13-15(2)25-14)19(23)20-16-8-10-21(11-9-16)17-4-6-18(24-3)7-5-17/h4-7,14-16H,8-13H2,1-3H3,(H,20,23)/t14-,15-/m0/s1. The Bertz CT molecular complexity index is 560. The molecule has 0 aliphatic carbocycles. The number of morpholine rings is 1. The van der Waals surface area contributed by atoms with Crippen LogP contribution in [0.25, 0.3) is 0 Å². The lowest BCUT2D eigenvalue weighted by Crippen LogP contribution is -2.55. The summed E-state index contributed by atoms with van der Waals surface area (Å²) in [7, 11) is 1.68. The molecule has 0 aromatic heterocycles. The molecule has 25 heavy (non-hydrogen) atoms. The summed E-state index contributed by atoms with van der Waals surface area (Å²) in [4.78, 5) is 16.8. The molecule has 2 fully saturated rings. The average Bonchev–Trinajstić information content (AvgIpc) is 2.61. The summed E-state index contributed by atoms with van der Waals surface area (Å²) >= 11 is 0. The highest BCUT2D eigenvalue weighted by Crippen LogP contribution is 2.23. The van der Waals surface area contributed by atoms with Gasteiger partial charge in [0.25, 0.3) is 0 Å². The van der Waals surface area contributed by atoms with E-state index >= 15 is 0 Å². The van der Waals surface area contributed by atoms with Crippen LogP contribution >= 0.6 is 0 Å². The van der Waals surface area contributed by atoms with Gasteiger partial charge in [0.15, 0.2) is 0 Å². The molecule has 138 valence electrons. The summed E-state index contributed by atoms with van der Waals surface area (Å²) in [6, 6.07) is 8.46. The van der Waals surface area contributed by atoms with Crippen LogP contribution in [-0.2, 0) is 4.74 Å². The molecule has 0 radical (unpaired) electrons. The molecule has 6 heteroatoms. The number of anilines is 1. The number of carbonyl (C=O) groups excluding carboxylic acids is 1. The van der Waals surface area contributed by atoms with Gasteiger partial charge in [0, 0.05) is 37.9 Å². The Balaban J connectivity index is 1.48. The van der Waals surface area contributed by atoms with Crippen molar-refractivity contribution in [2.45, 2.75) is 44.9 Å². The minimum atomic E-state index is 0.0462. The van der Waals surface area contributed by atoms with Gasteiger partial charge in [-0.2, -0.15) is 0 Å². The van der Waals surface area contributed by atoms with Gasteiger partial charge in [0.1, 0.15) is 5.75 Å². The van der Waals surface area contributed by atoms with Gasteiger partial charge >= 0.3 is 6.03 Å². The maximum absolute atomic E-state index is 12.5. The van der Waals surface area contributed by atoms with Crippen molar-refractivity contribution < 1.29 is 14.3 Å². The molecular weight excluding hydrogens is 318 g/mol. The zero-order valence-electron chi connectivity index (χ0n) is 15.4. The number of ether oxygens (including phenoxy) is 2. The fourth-order valence-corrected chi connectivity index (χ4v) is 3.68. The summed E-state index contributed by atoms with van der Waals surface area (Å²) in [5, 5.41) is 3.20. The largest absolute Gasteiger partial charge is 0.497 e. The predicted octanol–water partition coefficient (Wildman–Crippen LogP) is 2.48. The Morgan fingerprint density at radius 3 is 2.28 bits per heavy atom. The summed E-state index contributed by atoms with van der Waals surface area (Å²) in [6.07, 6.45) is 2.14. The molecule has 2 aliphatic rings. The minimum Gasteiger partial charge on any atom is -0.497 e. The smallest absolute Gasteiger partial charge is 0.317 e. The molecule has 0 bridgehead atoms. The van der Waals surface area contributed by atoms with E-state index in [0.29, 0.717) is 13.1 Å². The number of benzene rings is 1. The molecule has 2 atom stereocenters. The Hall–Kier alpha value is -1.95. The molecule has 6 nitrogen and oxygen atoms in total. The summed E-state index contributed by atoms with van der Waals surface area (Å²) in [6.45, 7) is 7.27. The number of hydrogen-bond donors (Lipinski definition) is 1. The van der Waals surface area contributed by atoms with Gasteiger partial charge in [-0.15, -0.1) is 0 Å². The lowest BCUT2D eigenvalue weighted by Gasteiger charge is -2.38. The van der Waals surface area contributed by atoms with Gasteiger partial charge in [0.2, 0.25) is 0 Å². The maximum atomic E-state index is 12.5. The van der Waals surface area contributed by atoms with E-state index < -0.39 is 0 Å². The van der Waals surface area contributed by atoms with Crippen LogP contribution in [0.4, 0.5) is 10.5 Å². The molecule has 0 saturated carbocycles. The van der Waals surface area contributed by atoms with Crippen molar-refractivity contribution in [3.63, 3.8) is 0 Å². The Labute approximate surface area is 150 Å². The molecule has 1 aromatic carbocycles. The third kappa shape index (κ3) is 4.57. The van der Waals surface area contributed by atoms with E-state index in [9.17, 15) is 4.79 Å². The quantitative estimate of drug-likeness (QED) is 0.913. The van der Waals surface area contributed by atoms with Crippen LogP contribution in [-0.4, -0.2) is 62.5 Å². The molecule has 2 saturated heterocycles. The summed E-state index contributed by atoms with van der Waals surface area (Å²) in [5.74, 6) is 0.875. The molecule has 0 unspecified atom stereocenters. The van der Waals surface area contributed by atoms with Crippen LogP contribution in [0.15, 0.2) is 24.3 Å². The number of nitrogens with zero attached hydrogens (tertiary/aromatic N) is 2. The van der Waals surface area contributed by atoms with Gasteiger partial charge in [-0.05, 0) is 51.0 Å². The molecular formula is C19H29N3O3. The first-order valence-corrected chi connectivity index (χ1v) is 9.15. The molecule has 3 rings (SSSR count). The molecule has 2 heterocycles. The Morgan fingerprint density at radius 1 is 1.12 bits per heavy atom. The topological polar surface area (TPSA) is 54.0 Å². The number of piperidine rings is 1. The third-order valence-corrected chi connectivity index (χ3v) is 4.97. The molecule has 0 spiro atoms. The van der Waals surface area contributed by atoms with Gasteiger partial charge in [0.05, 0.1) is 19.3 Å². The number of amides is 2. The monoisotopic (exact) mass is 347 g/mol. The van der Waals surface area contributed by atoms with Gasteiger partial charge in [-0.3, -0.25) is 0 Å². The van der Waals surface area contributed by atoms with Crippen LogP contribution in [0, 0.1) is 0 Å². The van der Waals surface area contributed by atoms with E-state index in [1.807, 2.05) is 30.9 Å². The van der Waals surface area contributed by atoms with Crippen LogP contribution in [0.2, 0.25) is 0 Å². The molecule has 1 aromatic rings. The van der Waals surface area contributed by atoms with Crippen LogP contribution < -0.4 is 15.0 Å². The first kappa shape index (κ1) is 17.9. The van der Waals surface area contributed by atoms with Gasteiger partial charge in [-0.1, -0.05) is 0 Å². The van der Waals surface area contributed by atoms with E-state index in [1.54, 1.807) is 7.11 Å². The molecule has 2 amide bonds. The van der Waals surface area contributed by atoms with Crippen molar-refractivity contribution in [2.75, 3.05) is 38.2 Å². The van der Waals surface area contributed by atoms with E-state index in [4.69, 9.17) is 9.47 Å². The highest BCUT2D eigenvalue weighted by atomic mass is 16.5. The minimum absolute atomic E-state index is 0.0462. The third-order valence-electron chi connectivity index (χ3n) is 4.97. The normalized spacial score (nSPS) is 24.9. The van der Waals surface area contributed by atoms with E-state index in [-0.39, 0.29) is 24.3 Å². The van der Waals surface area contributed by atoms with Crippen LogP contribution in [0.5, 0.6) is 5.75 Å². The predicted molar refractivity (Wildman–Crippen MR) is 98.3 cm³/mol. The number of urea groups is 1. The average molecular weight is 347 g/mol. The summed E-state index contributed by atoms with van der Waals surface area (Å²) in [5.41, 5.74) is 1.21. The number of nitrogens with one attached hydrogen (secondary N) is 1. The van der Waals surface area contributed by atoms with E-state index in [0.717, 1.165) is 31.7 Å². The maximum Gasteiger partial charge on any atom is 0.317 e. The molecule has 1 N–H and O–H groups in total. The second kappa shape index (κ2) is 7.95. The van der Waals surface area contributed by atoms with Crippen molar-refractivity contribution in [1.29, 1.82) is 0 Å². The number of hydrogen-bond acceptors (Lipinski definition) is 4. The Kier molecular flexibility index (Phi) is 5.68. The number of rotatable bonds is 3. The highest BCUT2D eigenvalue weighted by molar-refractivity contribution is 5.74. The first-order valence-electron chi connectivity index (χ1n) is 9.15.